The number of aliphatic hydroxyl groups is 1. The van der Waals surface area contributed by atoms with Gasteiger partial charge in [0.2, 0.25) is 0 Å². The number of ether oxygens (including phenoxy) is 1. The van der Waals surface area contributed by atoms with Gasteiger partial charge in [-0.05, 0) is 55.8 Å². The minimum atomic E-state index is -0.414. The van der Waals surface area contributed by atoms with E-state index < -0.39 is 5.60 Å². The maximum Gasteiger partial charge on any atom is 0.0658 e. The summed E-state index contributed by atoms with van der Waals surface area (Å²) >= 11 is 0. The molecule has 0 radical (unpaired) electrons. The third-order valence-corrected chi connectivity index (χ3v) is 4.45. The fourth-order valence-corrected chi connectivity index (χ4v) is 4.34. The lowest BCUT2D eigenvalue weighted by molar-refractivity contribution is -0.0820. The van der Waals surface area contributed by atoms with E-state index in [0.717, 1.165) is 45.3 Å². The zero-order valence-corrected chi connectivity index (χ0v) is 11.7. The molecule has 1 saturated carbocycles. The predicted octanol–water partition coefficient (Wildman–Crippen LogP) is 3.38. The maximum atomic E-state index is 10.9. The van der Waals surface area contributed by atoms with Crippen molar-refractivity contribution in [2.75, 3.05) is 13.2 Å². The average Bonchev–Trinajstić information content (AvgIpc) is 2.13. The summed E-state index contributed by atoms with van der Waals surface area (Å²) in [4.78, 5) is 0. The molecule has 1 aliphatic carbocycles. The van der Waals surface area contributed by atoms with E-state index in [1.807, 2.05) is 0 Å². The number of rotatable bonds is 2. The number of hydrogen-bond acceptors (Lipinski definition) is 2. The third kappa shape index (κ3) is 3.69. The molecule has 0 spiro atoms. The van der Waals surface area contributed by atoms with E-state index in [2.05, 4.69) is 20.8 Å². The molecular formula is C15H28O2. The van der Waals surface area contributed by atoms with Gasteiger partial charge in [-0.15, -0.1) is 0 Å². The first-order valence-corrected chi connectivity index (χ1v) is 7.19. The Morgan fingerprint density at radius 1 is 1.18 bits per heavy atom. The van der Waals surface area contributed by atoms with E-state index >= 15 is 0 Å². The van der Waals surface area contributed by atoms with Gasteiger partial charge in [0.05, 0.1) is 5.60 Å². The fourth-order valence-electron chi connectivity index (χ4n) is 4.34. The van der Waals surface area contributed by atoms with Crippen LogP contribution in [0.25, 0.3) is 0 Å². The molecule has 0 aromatic heterocycles. The van der Waals surface area contributed by atoms with Gasteiger partial charge in [0.15, 0.2) is 0 Å². The van der Waals surface area contributed by atoms with Crippen LogP contribution in [0.4, 0.5) is 0 Å². The Bertz CT molecular complexity index is 256. The molecule has 2 aliphatic rings. The van der Waals surface area contributed by atoms with Gasteiger partial charge in [0.25, 0.3) is 0 Å². The van der Waals surface area contributed by atoms with Gasteiger partial charge in [-0.2, -0.15) is 0 Å². The molecule has 2 fully saturated rings. The summed E-state index contributed by atoms with van der Waals surface area (Å²) in [6, 6.07) is 0. The second-order valence-electron chi connectivity index (χ2n) is 7.34. The molecule has 0 aromatic carbocycles. The average molecular weight is 240 g/mol. The largest absolute Gasteiger partial charge is 0.390 e. The van der Waals surface area contributed by atoms with Crippen LogP contribution in [0.5, 0.6) is 0 Å². The van der Waals surface area contributed by atoms with Crippen molar-refractivity contribution in [2.45, 2.75) is 64.9 Å². The fraction of sp³-hybridized carbons (Fsp3) is 1.00. The van der Waals surface area contributed by atoms with Gasteiger partial charge in [0, 0.05) is 13.2 Å². The molecule has 1 N–H and O–H groups in total. The Kier molecular flexibility index (Phi) is 3.84. The van der Waals surface area contributed by atoms with E-state index in [1.165, 1.54) is 6.42 Å². The Hall–Kier alpha value is -0.0800. The van der Waals surface area contributed by atoms with Crippen LogP contribution < -0.4 is 0 Å². The quantitative estimate of drug-likeness (QED) is 0.802. The maximum absolute atomic E-state index is 10.9. The van der Waals surface area contributed by atoms with Crippen LogP contribution in [0, 0.1) is 17.3 Å². The summed E-state index contributed by atoms with van der Waals surface area (Å²) in [5, 5.41) is 10.9. The van der Waals surface area contributed by atoms with E-state index in [1.54, 1.807) is 0 Å². The lowest BCUT2D eigenvalue weighted by Crippen LogP contribution is -2.44. The van der Waals surface area contributed by atoms with Crippen LogP contribution in [0.2, 0.25) is 0 Å². The van der Waals surface area contributed by atoms with Crippen LogP contribution in [0.3, 0.4) is 0 Å². The van der Waals surface area contributed by atoms with Crippen molar-refractivity contribution >= 4 is 0 Å². The molecule has 0 aromatic rings. The second-order valence-corrected chi connectivity index (χ2v) is 7.34. The summed E-state index contributed by atoms with van der Waals surface area (Å²) in [5.41, 5.74) is -0.110. The monoisotopic (exact) mass is 240 g/mol. The molecule has 1 saturated heterocycles. The van der Waals surface area contributed by atoms with Gasteiger partial charge >= 0.3 is 0 Å². The van der Waals surface area contributed by atoms with Crippen molar-refractivity contribution in [3.05, 3.63) is 0 Å². The van der Waals surface area contributed by atoms with Gasteiger partial charge in [-0.1, -0.05) is 20.8 Å². The highest BCUT2D eigenvalue weighted by molar-refractivity contribution is 4.94. The molecule has 1 aliphatic heterocycles. The standard InChI is InChI=1S/C15H28O2/c1-12-8-14(2,3)11-15(16,9-12)10-13-4-6-17-7-5-13/h12-13,16H,4-11H2,1-3H3. The smallest absolute Gasteiger partial charge is 0.0658 e. The minimum absolute atomic E-state index is 0.303. The zero-order chi connectivity index (χ0) is 12.5. The highest BCUT2D eigenvalue weighted by Gasteiger charge is 2.42. The summed E-state index contributed by atoms with van der Waals surface area (Å²) < 4.78 is 5.40. The third-order valence-electron chi connectivity index (χ3n) is 4.45. The van der Waals surface area contributed by atoms with Gasteiger partial charge in [0.1, 0.15) is 0 Å². The Morgan fingerprint density at radius 3 is 2.41 bits per heavy atom. The van der Waals surface area contributed by atoms with Gasteiger partial charge < -0.3 is 9.84 Å². The lowest BCUT2D eigenvalue weighted by atomic mass is 9.63. The molecule has 2 unspecified atom stereocenters. The van der Waals surface area contributed by atoms with Crippen molar-refractivity contribution in [3.8, 4) is 0 Å². The first kappa shape index (κ1) is 13.4. The first-order chi connectivity index (χ1) is 7.89. The Balaban J connectivity index is 1.96. The summed E-state index contributed by atoms with van der Waals surface area (Å²) in [7, 11) is 0. The van der Waals surface area contributed by atoms with E-state index in [4.69, 9.17) is 4.74 Å². The van der Waals surface area contributed by atoms with Gasteiger partial charge in [-0.3, -0.25) is 0 Å². The summed E-state index contributed by atoms with van der Waals surface area (Å²) in [6.45, 7) is 8.67. The topological polar surface area (TPSA) is 29.5 Å². The highest BCUT2D eigenvalue weighted by Crippen LogP contribution is 2.46. The molecule has 17 heavy (non-hydrogen) atoms. The van der Waals surface area contributed by atoms with Crippen LogP contribution >= 0.6 is 0 Å². The first-order valence-electron chi connectivity index (χ1n) is 7.19. The van der Waals surface area contributed by atoms with Crippen LogP contribution in [-0.2, 0) is 4.74 Å². The number of hydrogen-bond donors (Lipinski definition) is 1. The molecule has 2 rings (SSSR count). The van der Waals surface area contributed by atoms with Crippen LogP contribution in [0.15, 0.2) is 0 Å². The van der Waals surface area contributed by atoms with Crippen LogP contribution in [-0.4, -0.2) is 23.9 Å². The van der Waals surface area contributed by atoms with E-state index in [0.29, 0.717) is 17.3 Å². The van der Waals surface area contributed by atoms with Crippen molar-refractivity contribution in [2.24, 2.45) is 17.3 Å². The van der Waals surface area contributed by atoms with E-state index in [-0.39, 0.29) is 0 Å². The predicted molar refractivity (Wildman–Crippen MR) is 69.9 cm³/mol. The van der Waals surface area contributed by atoms with E-state index in [9.17, 15) is 5.11 Å². The Morgan fingerprint density at radius 2 is 1.82 bits per heavy atom. The molecule has 1 heterocycles. The summed E-state index contributed by atoms with van der Waals surface area (Å²) in [6.07, 6.45) is 6.48. The zero-order valence-electron chi connectivity index (χ0n) is 11.7. The Labute approximate surface area is 106 Å². The second kappa shape index (κ2) is 4.89. The molecule has 2 nitrogen and oxygen atoms in total. The van der Waals surface area contributed by atoms with Crippen molar-refractivity contribution in [3.63, 3.8) is 0 Å². The highest BCUT2D eigenvalue weighted by atomic mass is 16.5. The van der Waals surface area contributed by atoms with Crippen molar-refractivity contribution in [1.82, 2.24) is 0 Å². The van der Waals surface area contributed by atoms with Crippen LogP contribution in [0.1, 0.15) is 59.3 Å². The molecular weight excluding hydrogens is 212 g/mol. The molecule has 2 atom stereocenters. The molecule has 2 heteroatoms. The van der Waals surface area contributed by atoms with Crippen molar-refractivity contribution < 1.29 is 9.84 Å². The molecule has 0 amide bonds. The lowest BCUT2D eigenvalue weighted by Gasteiger charge is -2.46. The normalized spacial score (nSPS) is 39.2. The van der Waals surface area contributed by atoms with Crippen molar-refractivity contribution in [1.29, 1.82) is 0 Å². The minimum Gasteiger partial charge on any atom is -0.390 e. The molecule has 100 valence electrons. The molecule has 0 bridgehead atoms. The SMILES string of the molecule is CC1CC(C)(C)CC(O)(CC2CCOCC2)C1. The summed E-state index contributed by atoms with van der Waals surface area (Å²) in [5.74, 6) is 1.33. The van der Waals surface area contributed by atoms with Gasteiger partial charge in [-0.25, -0.2) is 0 Å².